The lowest BCUT2D eigenvalue weighted by Crippen LogP contribution is -2.29. The molecule has 0 aliphatic carbocycles. The number of aromatic amines is 2. The molecule has 2 aromatic rings. The Bertz CT molecular complexity index is 692. The van der Waals surface area contributed by atoms with E-state index in [9.17, 15) is 14.4 Å². The van der Waals surface area contributed by atoms with Gasteiger partial charge in [-0.05, 0) is 11.6 Å². The van der Waals surface area contributed by atoms with Crippen LogP contribution in [0.1, 0.15) is 17.7 Å². The Morgan fingerprint density at radius 3 is 2.90 bits per heavy atom. The fourth-order valence-electron chi connectivity index (χ4n) is 1.57. The molecule has 2 heterocycles. The van der Waals surface area contributed by atoms with Gasteiger partial charge in [0.1, 0.15) is 5.69 Å². The molecule has 0 bridgehead atoms. The Labute approximate surface area is 113 Å². The van der Waals surface area contributed by atoms with Crippen LogP contribution in [-0.2, 0) is 17.8 Å². The Balaban J connectivity index is 1.83. The third-order valence-corrected chi connectivity index (χ3v) is 2.58. The molecule has 0 atom stereocenters. The molecule has 0 aliphatic rings. The van der Waals surface area contributed by atoms with Gasteiger partial charge in [-0.3, -0.25) is 19.6 Å². The molecular weight excluding hydrogens is 262 g/mol. The van der Waals surface area contributed by atoms with Crippen molar-refractivity contribution in [1.82, 2.24) is 25.5 Å². The van der Waals surface area contributed by atoms with Crippen LogP contribution in [0.5, 0.6) is 0 Å². The van der Waals surface area contributed by atoms with Gasteiger partial charge >= 0.3 is 5.69 Å². The number of H-pyrrole nitrogens is 2. The van der Waals surface area contributed by atoms with Gasteiger partial charge in [-0.1, -0.05) is 6.07 Å². The minimum atomic E-state index is -0.667. The van der Waals surface area contributed by atoms with Gasteiger partial charge in [0.15, 0.2) is 0 Å². The molecule has 20 heavy (non-hydrogen) atoms. The van der Waals surface area contributed by atoms with E-state index in [1.165, 1.54) is 0 Å². The van der Waals surface area contributed by atoms with Gasteiger partial charge < -0.3 is 5.32 Å². The van der Waals surface area contributed by atoms with E-state index in [0.29, 0.717) is 6.54 Å². The first-order valence-electron chi connectivity index (χ1n) is 5.98. The van der Waals surface area contributed by atoms with E-state index in [-0.39, 0.29) is 24.4 Å². The van der Waals surface area contributed by atoms with Gasteiger partial charge in [0.2, 0.25) is 5.91 Å². The summed E-state index contributed by atoms with van der Waals surface area (Å²) in [5.41, 5.74) is -0.226. The summed E-state index contributed by atoms with van der Waals surface area (Å²) < 4.78 is 0. The zero-order valence-electron chi connectivity index (χ0n) is 10.5. The SMILES string of the molecule is O=C(CCc1n[nH]c(=O)[nH]c1=O)NCc1cccnc1. The first-order chi connectivity index (χ1) is 9.65. The average molecular weight is 275 g/mol. The Hall–Kier alpha value is -2.77. The number of aryl methyl sites for hydroxylation is 1. The highest BCUT2D eigenvalue weighted by Gasteiger charge is 2.07. The number of hydrogen-bond donors (Lipinski definition) is 3. The lowest BCUT2D eigenvalue weighted by atomic mass is 10.2. The Morgan fingerprint density at radius 2 is 2.20 bits per heavy atom. The monoisotopic (exact) mass is 275 g/mol. The van der Waals surface area contributed by atoms with Crippen LogP contribution in [-0.4, -0.2) is 26.1 Å². The molecule has 0 saturated carbocycles. The molecule has 0 fully saturated rings. The number of nitrogens with one attached hydrogen (secondary N) is 3. The molecule has 3 N–H and O–H groups in total. The summed E-state index contributed by atoms with van der Waals surface area (Å²) in [5.74, 6) is -0.207. The maximum absolute atomic E-state index is 11.6. The van der Waals surface area contributed by atoms with Crippen molar-refractivity contribution in [2.24, 2.45) is 0 Å². The molecule has 8 heteroatoms. The zero-order chi connectivity index (χ0) is 14.4. The van der Waals surface area contributed by atoms with Gasteiger partial charge in [-0.2, -0.15) is 5.10 Å². The summed E-state index contributed by atoms with van der Waals surface area (Å²) in [5, 5.41) is 8.43. The lowest BCUT2D eigenvalue weighted by molar-refractivity contribution is -0.121. The van der Waals surface area contributed by atoms with Crippen LogP contribution in [0.2, 0.25) is 0 Å². The molecule has 2 rings (SSSR count). The summed E-state index contributed by atoms with van der Waals surface area (Å²) in [6, 6.07) is 3.63. The number of aromatic nitrogens is 4. The normalized spacial score (nSPS) is 10.2. The summed E-state index contributed by atoms with van der Waals surface area (Å²) in [6.45, 7) is 0.377. The number of nitrogens with zero attached hydrogens (tertiary/aromatic N) is 2. The van der Waals surface area contributed by atoms with Gasteiger partial charge in [0.25, 0.3) is 5.56 Å². The molecule has 0 aromatic carbocycles. The second kappa shape index (κ2) is 6.41. The van der Waals surface area contributed by atoms with E-state index >= 15 is 0 Å². The summed E-state index contributed by atoms with van der Waals surface area (Å²) >= 11 is 0. The highest BCUT2D eigenvalue weighted by molar-refractivity contribution is 5.76. The molecule has 0 saturated heterocycles. The number of carbonyl (C=O) groups is 1. The van der Waals surface area contributed by atoms with E-state index in [0.717, 1.165) is 5.56 Å². The van der Waals surface area contributed by atoms with Gasteiger partial charge in [-0.25, -0.2) is 9.89 Å². The highest BCUT2D eigenvalue weighted by Crippen LogP contribution is 1.96. The first kappa shape index (κ1) is 13.7. The fraction of sp³-hybridized carbons (Fsp3) is 0.250. The largest absolute Gasteiger partial charge is 0.352 e. The third kappa shape index (κ3) is 3.87. The molecule has 0 aliphatic heterocycles. The first-order valence-corrected chi connectivity index (χ1v) is 5.98. The van der Waals surface area contributed by atoms with Gasteiger partial charge in [-0.15, -0.1) is 0 Å². The standard InChI is InChI=1S/C12H13N5O3/c18-10(14-7-8-2-1-5-13-6-8)4-3-9-11(19)15-12(20)17-16-9/h1-2,5-6H,3-4,7H2,(H,14,18)(H2,15,17,19,20). The molecule has 0 spiro atoms. The van der Waals surface area contributed by atoms with Gasteiger partial charge in [0, 0.05) is 31.8 Å². The van der Waals surface area contributed by atoms with Crippen LogP contribution in [0.3, 0.4) is 0 Å². The van der Waals surface area contributed by atoms with Crippen molar-refractivity contribution in [2.75, 3.05) is 0 Å². The second-order valence-electron chi connectivity index (χ2n) is 4.09. The van der Waals surface area contributed by atoms with Crippen molar-refractivity contribution in [3.63, 3.8) is 0 Å². The molecule has 8 nitrogen and oxygen atoms in total. The van der Waals surface area contributed by atoms with E-state index in [4.69, 9.17) is 0 Å². The van der Waals surface area contributed by atoms with E-state index in [1.807, 2.05) is 6.07 Å². The van der Waals surface area contributed by atoms with Crippen molar-refractivity contribution >= 4 is 5.91 Å². The topological polar surface area (TPSA) is 121 Å². The highest BCUT2D eigenvalue weighted by atomic mass is 16.2. The number of carbonyl (C=O) groups excluding carboxylic acids is 1. The van der Waals surface area contributed by atoms with Crippen molar-refractivity contribution in [1.29, 1.82) is 0 Å². The molecule has 0 radical (unpaired) electrons. The van der Waals surface area contributed by atoms with Crippen LogP contribution < -0.4 is 16.6 Å². The van der Waals surface area contributed by atoms with Crippen LogP contribution >= 0.6 is 0 Å². The van der Waals surface area contributed by atoms with Crippen molar-refractivity contribution in [2.45, 2.75) is 19.4 Å². The van der Waals surface area contributed by atoms with Gasteiger partial charge in [0.05, 0.1) is 0 Å². The van der Waals surface area contributed by atoms with Crippen LogP contribution in [0.15, 0.2) is 34.1 Å². The van der Waals surface area contributed by atoms with Crippen LogP contribution in [0.25, 0.3) is 0 Å². The number of hydrogen-bond acceptors (Lipinski definition) is 5. The molecule has 2 aromatic heterocycles. The smallest absolute Gasteiger partial charge is 0.342 e. The average Bonchev–Trinajstić information content (AvgIpc) is 2.45. The minimum absolute atomic E-state index is 0.113. The third-order valence-electron chi connectivity index (χ3n) is 2.58. The second-order valence-corrected chi connectivity index (χ2v) is 4.09. The lowest BCUT2D eigenvalue weighted by Gasteiger charge is -2.04. The predicted molar refractivity (Wildman–Crippen MR) is 69.9 cm³/mol. The molecular formula is C12H13N5O3. The summed E-state index contributed by atoms with van der Waals surface area (Å²) in [7, 11) is 0. The van der Waals surface area contributed by atoms with E-state index in [1.54, 1.807) is 18.5 Å². The van der Waals surface area contributed by atoms with Crippen molar-refractivity contribution in [3.05, 3.63) is 56.6 Å². The fourth-order valence-corrected chi connectivity index (χ4v) is 1.57. The summed E-state index contributed by atoms with van der Waals surface area (Å²) in [4.78, 5) is 39.7. The number of amides is 1. The zero-order valence-corrected chi connectivity index (χ0v) is 10.5. The van der Waals surface area contributed by atoms with Crippen LogP contribution in [0, 0.1) is 0 Å². The maximum atomic E-state index is 11.6. The molecule has 1 amide bonds. The number of pyridine rings is 1. The summed E-state index contributed by atoms with van der Waals surface area (Å²) in [6.07, 6.45) is 3.58. The Morgan fingerprint density at radius 1 is 1.35 bits per heavy atom. The van der Waals surface area contributed by atoms with Crippen LogP contribution in [0.4, 0.5) is 0 Å². The van der Waals surface area contributed by atoms with Crippen molar-refractivity contribution < 1.29 is 4.79 Å². The quantitative estimate of drug-likeness (QED) is 0.653. The minimum Gasteiger partial charge on any atom is -0.352 e. The maximum Gasteiger partial charge on any atom is 0.342 e. The predicted octanol–water partition coefficient (Wildman–Crippen LogP) is -0.898. The van der Waals surface area contributed by atoms with E-state index in [2.05, 4.69) is 25.5 Å². The Kier molecular flexibility index (Phi) is 4.38. The van der Waals surface area contributed by atoms with E-state index < -0.39 is 11.2 Å². The molecule has 0 unspecified atom stereocenters. The van der Waals surface area contributed by atoms with Crippen molar-refractivity contribution in [3.8, 4) is 0 Å². The number of rotatable bonds is 5. The molecule has 104 valence electrons.